The number of nitriles is 1. The molecular formula is C16H12ClNO3. The summed E-state index contributed by atoms with van der Waals surface area (Å²) in [4.78, 5) is 12.0. The van der Waals surface area contributed by atoms with Crippen LogP contribution >= 0.6 is 11.6 Å². The molecule has 0 fully saturated rings. The van der Waals surface area contributed by atoms with Gasteiger partial charge in [-0.25, -0.2) is 0 Å². The minimum atomic E-state index is -0.168. The quantitative estimate of drug-likeness (QED) is 0.793. The molecule has 0 spiro atoms. The first kappa shape index (κ1) is 14.9. The summed E-state index contributed by atoms with van der Waals surface area (Å²) in [5, 5.41) is 9.11. The highest BCUT2D eigenvalue weighted by atomic mass is 35.5. The van der Waals surface area contributed by atoms with Gasteiger partial charge in [0, 0.05) is 11.6 Å². The maximum atomic E-state index is 12.0. The van der Waals surface area contributed by atoms with Crippen LogP contribution in [0.1, 0.15) is 15.9 Å². The summed E-state index contributed by atoms with van der Waals surface area (Å²) in [6, 6.07) is 13.8. The maximum absolute atomic E-state index is 12.0. The number of halogens is 1. The lowest BCUT2D eigenvalue weighted by Gasteiger charge is -2.12. The second-order valence-electron chi connectivity index (χ2n) is 4.18. The molecule has 0 amide bonds. The van der Waals surface area contributed by atoms with Gasteiger partial charge in [0.2, 0.25) is 0 Å². The highest BCUT2D eigenvalue weighted by Gasteiger charge is 2.14. The predicted molar refractivity (Wildman–Crippen MR) is 79.0 cm³/mol. The SMILES string of the molecule is COc1cc(C#N)cc(Cl)c1OCC(=O)c1ccccc1. The summed E-state index contributed by atoms with van der Waals surface area (Å²) in [6.07, 6.45) is 0. The molecule has 0 saturated heterocycles. The van der Waals surface area contributed by atoms with Gasteiger partial charge in [-0.2, -0.15) is 5.26 Å². The molecule has 0 aromatic heterocycles. The van der Waals surface area contributed by atoms with E-state index in [9.17, 15) is 4.79 Å². The van der Waals surface area contributed by atoms with E-state index in [-0.39, 0.29) is 23.2 Å². The van der Waals surface area contributed by atoms with Gasteiger partial charge in [0.25, 0.3) is 0 Å². The van der Waals surface area contributed by atoms with Gasteiger partial charge in [-0.15, -0.1) is 0 Å². The van der Waals surface area contributed by atoms with Crippen molar-refractivity contribution in [1.29, 1.82) is 5.26 Å². The van der Waals surface area contributed by atoms with E-state index in [0.29, 0.717) is 16.9 Å². The maximum Gasteiger partial charge on any atom is 0.200 e. The molecule has 2 aromatic rings. The fourth-order valence-electron chi connectivity index (χ4n) is 1.77. The number of ketones is 1. The summed E-state index contributed by atoms with van der Waals surface area (Å²) in [5.74, 6) is 0.403. The number of methoxy groups -OCH3 is 1. The van der Waals surface area contributed by atoms with Gasteiger partial charge in [-0.05, 0) is 6.07 Å². The second-order valence-corrected chi connectivity index (χ2v) is 4.59. The third-order valence-corrected chi connectivity index (χ3v) is 3.08. The Kier molecular flexibility index (Phi) is 4.81. The lowest BCUT2D eigenvalue weighted by Crippen LogP contribution is -2.12. The minimum absolute atomic E-state index is 0.161. The van der Waals surface area contributed by atoms with Crippen LogP contribution in [0.4, 0.5) is 0 Å². The largest absolute Gasteiger partial charge is 0.493 e. The van der Waals surface area contributed by atoms with E-state index in [1.807, 2.05) is 12.1 Å². The normalized spacial score (nSPS) is 9.76. The van der Waals surface area contributed by atoms with E-state index in [1.165, 1.54) is 19.2 Å². The first-order valence-electron chi connectivity index (χ1n) is 6.14. The van der Waals surface area contributed by atoms with Gasteiger partial charge in [-0.1, -0.05) is 41.9 Å². The Morgan fingerprint density at radius 1 is 1.29 bits per heavy atom. The average molecular weight is 302 g/mol. The summed E-state index contributed by atoms with van der Waals surface area (Å²) < 4.78 is 10.6. The van der Waals surface area contributed by atoms with Crippen molar-refractivity contribution in [3.8, 4) is 17.6 Å². The first-order valence-corrected chi connectivity index (χ1v) is 6.52. The Morgan fingerprint density at radius 2 is 2.00 bits per heavy atom. The van der Waals surface area contributed by atoms with Crippen molar-refractivity contribution in [3.05, 3.63) is 58.6 Å². The number of hydrogen-bond donors (Lipinski definition) is 0. The lowest BCUT2D eigenvalue weighted by molar-refractivity contribution is 0.0919. The molecule has 0 atom stereocenters. The molecule has 0 radical (unpaired) electrons. The molecule has 0 aliphatic heterocycles. The van der Waals surface area contributed by atoms with E-state index in [2.05, 4.69) is 0 Å². The molecule has 2 aromatic carbocycles. The van der Waals surface area contributed by atoms with E-state index >= 15 is 0 Å². The van der Waals surface area contributed by atoms with Crippen molar-refractivity contribution in [3.63, 3.8) is 0 Å². The molecule has 21 heavy (non-hydrogen) atoms. The highest BCUT2D eigenvalue weighted by Crippen LogP contribution is 2.36. The zero-order valence-electron chi connectivity index (χ0n) is 11.3. The van der Waals surface area contributed by atoms with Gasteiger partial charge in [0.1, 0.15) is 0 Å². The van der Waals surface area contributed by atoms with E-state index in [1.54, 1.807) is 24.3 Å². The fraction of sp³-hybridized carbons (Fsp3) is 0.125. The summed E-state index contributed by atoms with van der Waals surface area (Å²) >= 11 is 6.05. The molecule has 106 valence electrons. The Bertz CT molecular complexity index is 693. The lowest BCUT2D eigenvalue weighted by atomic mass is 10.1. The van der Waals surface area contributed by atoms with Crippen LogP contribution in [0.5, 0.6) is 11.5 Å². The second kappa shape index (κ2) is 6.78. The molecule has 5 heteroatoms. The predicted octanol–water partition coefficient (Wildman–Crippen LogP) is 3.48. The van der Waals surface area contributed by atoms with Gasteiger partial charge >= 0.3 is 0 Å². The van der Waals surface area contributed by atoms with Crippen LogP contribution in [0, 0.1) is 11.3 Å². The number of benzene rings is 2. The Morgan fingerprint density at radius 3 is 2.62 bits per heavy atom. The molecule has 4 nitrogen and oxygen atoms in total. The van der Waals surface area contributed by atoms with Crippen LogP contribution in [-0.4, -0.2) is 19.5 Å². The van der Waals surface area contributed by atoms with Crippen LogP contribution in [0.2, 0.25) is 5.02 Å². The molecule has 2 rings (SSSR count). The van der Waals surface area contributed by atoms with E-state index in [4.69, 9.17) is 26.3 Å². The Hall–Kier alpha value is -2.51. The number of hydrogen-bond acceptors (Lipinski definition) is 4. The van der Waals surface area contributed by atoms with Crippen LogP contribution in [0.15, 0.2) is 42.5 Å². The third-order valence-electron chi connectivity index (χ3n) is 2.80. The van der Waals surface area contributed by atoms with Gasteiger partial charge in [0.15, 0.2) is 23.9 Å². The van der Waals surface area contributed by atoms with Gasteiger partial charge in [-0.3, -0.25) is 4.79 Å². The number of rotatable bonds is 5. The fourth-order valence-corrected chi connectivity index (χ4v) is 2.03. The molecule has 0 N–H and O–H groups in total. The van der Waals surface area contributed by atoms with Gasteiger partial charge in [0.05, 0.1) is 23.8 Å². The number of nitrogens with zero attached hydrogens (tertiary/aromatic N) is 1. The van der Waals surface area contributed by atoms with E-state index < -0.39 is 0 Å². The van der Waals surface area contributed by atoms with Crippen molar-refractivity contribution in [2.75, 3.05) is 13.7 Å². The molecule has 0 unspecified atom stereocenters. The van der Waals surface area contributed by atoms with Gasteiger partial charge < -0.3 is 9.47 Å². The van der Waals surface area contributed by atoms with Crippen molar-refractivity contribution in [1.82, 2.24) is 0 Å². The smallest absolute Gasteiger partial charge is 0.200 e. The Labute approximate surface area is 127 Å². The number of carbonyl (C=O) groups is 1. The first-order chi connectivity index (χ1) is 10.2. The molecule has 0 bridgehead atoms. The van der Waals surface area contributed by atoms with E-state index in [0.717, 1.165) is 0 Å². The number of ether oxygens (including phenoxy) is 2. The van der Waals surface area contributed by atoms with Crippen molar-refractivity contribution in [2.24, 2.45) is 0 Å². The molecule has 0 aliphatic carbocycles. The highest BCUT2D eigenvalue weighted by molar-refractivity contribution is 6.32. The van der Waals surface area contributed by atoms with Crippen molar-refractivity contribution < 1.29 is 14.3 Å². The zero-order chi connectivity index (χ0) is 15.2. The van der Waals surface area contributed by atoms with Crippen LogP contribution in [-0.2, 0) is 0 Å². The number of carbonyl (C=O) groups excluding carboxylic acids is 1. The topological polar surface area (TPSA) is 59.3 Å². The molecule has 0 heterocycles. The van der Waals surface area contributed by atoms with Crippen molar-refractivity contribution >= 4 is 17.4 Å². The summed E-state index contributed by atoms with van der Waals surface area (Å²) in [6.45, 7) is -0.161. The van der Waals surface area contributed by atoms with Crippen molar-refractivity contribution in [2.45, 2.75) is 0 Å². The number of Topliss-reactive ketones (excluding diaryl/α,β-unsaturated/α-hetero) is 1. The summed E-state index contributed by atoms with van der Waals surface area (Å²) in [7, 11) is 1.44. The van der Waals surface area contributed by atoms with Crippen LogP contribution < -0.4 is 9.47 Å². The third kappa shape index (κ3) is 3.53. The minimum Gasteiger partial charge on any atom is -0.493 e. The molecule has 0 aliphatic rings. The van der Waals surface area contributed by atoms with Crippen LogP contribution in [0.3, 0.4) is 0 Å². The molecular weight excluding hydrogens is 290 g/mol. The monoisotopic (exact) mass is 301 g/mol. The summed E-state index contributed by atoms with van der Waals surface area (Å²) in [5.41, 5.74) is 0.917. The standard InChI is InChI=1S/C16H12ClNO3/c1-20-15-8-11(9-18)7-13(17)16(15)21-10-14(19)12-5-3-2-4-6-12/h2-8H,10H2,1H3. The van der Waals surface area contributed by atoms with Crippen LogP contribution in [0.25, 0.3) is 0 Å². The average Bonchev–Trinajstić information content (AvgIpc) is 2.53. The zero-order valence-corrected chi connectivity index (χ0v) is 12.1. The molecule has 0 saturated carbocycles. The Balaban J connectivity index is 2.17.